The number of hydrogen-bond donors (Lipinski definition) is 1. The van der Waals surface area contributed by atoms with Gasteiger partial charge in [0.15, 0.2) is 0 Å². The molecule has 3 heteroatoms. The fraction of sp³-hybridized carbons (Fsp3) is 1.00. The smallest absolute Gasteiger partial charge is 0.0698 e. The van der Waals surface area contributed by atoms with Crippen molar-refractivity contribution in [2.24, 2.45) is 5.73 Å². The van der Waals surface area contributed by atoms with Crippen molar-refractivity contribution in [1.82, 2.24) is 4.90 Å². The highest BCUT2D eigenvalue weighted by Crippen LogP contribution is 2.23. The van der Waals surface area contributed by atoms with Crippen LogP contribution in [0.15, 0.2) is 0 Å². The second-order valence-corrected chi connectivity index (χ2v) is 7.13. The molecule has 3 atom stereocenters. The van der Waals surface area contributed by atoms with Gasteiger partial charge in [0.1, 0.15) is 0 Å². The lowest BCUT2D eigenvalue weighted by molar-refractivity contribution is 0.00686. The van der Waals surface area contributed by atoms with Gasteiger partial charge in [-0.2, -0.15) is 0 Å². The maximum atomic E-state index is 6.59. The first kappa shape index (κ1) is 17.2. The number of nitrogens with zero attached hydrogens (tertiary/aromatic N) is 1. The van der Waals surface area contributed by atoms with Crippen LogP contribution < -0.4 is 5.73 Å². The molecule has 0 radical (unpaired) electrons. The molecule has 0 aromatic heterocycles. The molecule has 2 N–H and O–H groups in total. The zero-order valence-electron chi connectivity index (χ0n) is 14.1. The monoisotopic (exact) mass is 296 g/mol. The van der Waals surface area contributed by atoms with Crippen LogP contribution >= 0.6 is 0 Å². The normalized spacial score (nSPS) is 34.9. The SMILES string of the molecule is COC1CCCN(C2CCCCCCCCCCC2N)C1. The van der Waals surface area contributed by atoms with Crippen molar-refractivity contribution in [2.45, 2.75) is 95.2 Å². The molecular weight excluding hydrogens is 260 g/mol. The van der Waals surface area contributed by atoms with E-state index in [1.165, 1.54) is 83.6 Å². The van der Waals surface area contributed by atoms with E-state index in [4.69, 9.17) is 10.5 Å². The lowest BCUT2D eigenvalue weighted by atomic mass is 9.92. The van der Waals surface area contributed by atoms with Crippen molar-refractivity contribution in [3.05, 3.63) is 0 Å². The van der Waals surface area contributed by atoms with E-state index in [0.29, 0.717) is 18.2 Å². The van der Waals surface area contributed by atoms with Crippen molar-refractivity contribution in [1.29, 1.82) is 0 Å². The third-order valence-electron chi connectivity index (χ3n) is 5.49. The van der Waals surface area contributed by atoms with Gasteiger partial charge in [-0.05, 0) is 32.2 Å². The molecular formula is C18H36N2O. The fourth-order valence-electron chi connectivity index (χ4n) is 4.11. The van der Waals surface area contributed by atoms with Gasteiger partial charge < -0.3 is 10.5 Å². The zero-order chi connectivity index (χ0) is 14.9. The third kappa shape index (κ3) is 5.88. The molecule has 2 aliphatic rings. The largest absolute Gasteiger partial charge is 0.380 e. The molecule has 3 nitrogen and oxygen atoms in total. The summed E-state index contributed by atoms with van der Waals surface area (Å²) in [5.41, 5.74) is 6.59. The molecule has 2 rings (SSSR count). The van der Waals surface area contributed by atoms with Gasteiger partial charge in [-0.1, -0.05) is 51.4 Å². The number of ether oxygens (including phenoxy) is 1. The van der Waals surface area contributed by atoms with Crippen LogP contribution in [0, 0.1) is 0 Å². The Morgan fingerprint density at radius 1 is 0.810 bits per heavy atom. The summed E-state index contributed by atoms with van der Waals surface area (Å²) in [5.74, 6) is 0. The van der Waals surface area contributed by atoms with E-state index in [2.05, 4.69) is 4.90 Å². The van der Waals surface area contributed by atoms with Crippen molar-refractivity contribution >= 4 is 0 Å². The number of nitrogens with two attached hydrogens (primary N) is 1. The Hall–Kier alpha value is -0.120. The Labute approximate surface area is 131 Å². The first-order valence-electron chi connectivity index (χ1n) is 9.33. The fourth-order valence-corrected chi connectivity index (χ4v) is 4.11. The third-order valence-corrected chi connectivity index (χ3v) is 5.49. The van der Waals surface area contributed by atoms with Crippen LogP contribution in [0.4, 0.5) is 0 Å². The van der Waals surface area contributed by atoms with E-state index in [1.807, 2.05) is 7.11 Å². The Kier molecular flexibility index (Phi) is 8.05. The van der Waals surface area contributed by atoms with E-state index >= 15 is 0 Å². The summed E-state index contributed by atoms with van der Waals surface area (Å²) in [6, 6.07) is 0.947. The molecule has 0 aromatic carbocycles. The van der Waals surface area contributed by atoms with Gasteiger partial charge in [-0.25, -0.2) is 0 Å². The summed E-state index contributed by atoms with van der Waals surface area (Å²) in [5, 5.41) is 0. The topological polar surface area (TPSA) is 38.5 Å². The second kappa shape index (κ2) is 9.81. The van der Waals surface area contributed by atoms with Crippen molar-refractivity contribution in [3.63, 3.8) is 0 Å². The zero-order valence-corrected chi connectivity index (χ0v) is 14.1. The summed E-state index contributed by atoms with van der Waals surface area (Å²) in [4.78, 5) is 2.65. The van der Waals surface area contributed by atoms with Crippen LogP contribution in [0.2, 0.25) is 0 Å². The van der Waals surface area contributed by atoms with E-state index < -0.39 is 0 Å². The molecule has 3 unspecified atom stereocenters. The van der Waals surface area contributed by atoms with E-state index in [-0.39, 0.29) is 0 Å². The summed E-state index contributed by atoms with van der Waals surface area (Å²) >= 11 is 0. The molecule has 1 saturated carbocycles. The van der Waals surface area contributed by atoms with Gasteiger partial charge >= 0.3 is 0 Å². The van der Waals surface area contributed by atoms with Crippen LogP contribution in [0.3, 0.4) is 0 Å². The Morgan fingerprint density at radius 2 is 1.43 bits per heavy atom. The number of methoxy groups -OCH3 is 1. The van der Waals surface area contributed by atoms with E-state index in [1.54, 1.807) is 0 Å². The van der Waals surface area contributed by atoms with Crippen molar-refractivity contribution in [2.75, 3.05) is 20.2 Å². The summed E-state index contributed by atoms with van der Waals surface area (Å²) < 4.78 is 5.60. The van der Waals surface area contributed by atoms with Gasteiger partial charge in [-0.3, -0.25) is 4.90 Å². The van der Waals surface area contributed by atoms with Gasteiger partial charge in [0.25, 0.3) is 0 Å². The summed E-state index contributed by atoms with van der Waals surface area (Å²) in [6.07, 6.45) is 16.5. The lowest BCUT2D eigenvalue weighted by Gasteiger charge is -2.40. The van der Waals surface area contributed by atoms with Gasteiger partial charge in [-0.15, -0.1) is 0 Å². The Bertz CT molecular complexity index is 272. The quantitative estimate of drug-likeness (QED) is 0.844. The highest BCUT2D eigenvalue weighted by Gasteiger charge is 2.29. The molecule has 2 fully saturated rings. The molecule has 1 saturated heterocycles. The van der Waals surface area contributed by atoms with Crippen molar-refractivity contribution < 1.29 is 4.74 Å². The second-order valence-electron chi connectivity index (χ2n) is 7.13. The van der Waals surface area contributed by atoms with Crippen LogP contribution in [-0.2, 0) is 4.74 Å². The van der Waals surface area contributed by atoms with Crippen LogP contribution in [-0.4, -0.2) is 43.3 Å². The van der Waals surface area contributed by atoms with Gasteiger partial charge in [0, 0.05) is 25.7 Å². The van der Waals surface area contributed by atoms with E-state index in [9.17, 15) is 0 Å². The average Bonchev–Trinajstić information content (AvgIpc) is 2.51. The van der Waals surface area contributed by atoms with Gasteiger partial charge in [0.05, 0.1) is 6.10 Å². The minimum Gasteiger partial charge on any atom is -0.380 e. The predicted molar refractivity (Wildman–Crippen MR) is 89.5 cm³/mol. The lowest BCUT2D eigenvalue weighted by Crippen LogP contribution is -2.52. The predicted octanol–water partition coefficient (Wildman–Crippen LogP) is 3.71. The highest BCUT2D eigenvalue weighted by molar-refractivity contribution is 4.86. The maximum Gasteiger partial charge on any atom is 0.0698 e. The number of hydrogen-bond acceptors (Lipinski definition) is 3. The maximum absolute atomic E-state index is 6.59. The molecule has 21 heavy (non-hydrogen) atoms. The Morgan fingerprint density at radius 3 is 2.10 bits per heavy atom. The van der Waals surface area contributed by atoms with Gasteiger partial charge in [0.2, 0.25) is 0 Å². The molecule has 0 bridgehead atoms. The minimum atomic E-state index is 0.361. The first-order valence-corrected chi connectivity index (χ1v) is 9.33. The molecule has 1 heterocycles. The van der Waals surface area contributed by atoms with Crippen LogP contribution in [0.25, 0.3) is 0 Å². The van der Waals surface area contributed by atoms with Crippen molar-refractivity contribution in [3.8, 4) is 0 Å². The van der Waals surface area contributed by atoms with Crippen LogP contribution in [0.1, 0.15) is 77.0 Å². The Balaban J connectivity index is 1.90. The molecule has 124 valence electrons. The molecule has 0 amide bonds. The number of piperidine rings is 1. The first-order chi connectivity index (χ1) is 10.3. The summed E-state index contributed by atoms with van der Waals surface area (Å²) in [7, 11) is 1.86. The number of likely N-dealkylation sites (tertiary alicyclic amines) is 1. The minimum absolute atomic E-state index is 0.361. The average molecular weight is 296 g/mol. The molecule has 1 aliphatic heterocycles. The highest BCUT2D eigenvalue weighted by atomic mass is 16.5. The number of rotatable bonds is 2. The molecule has 0 spiro atoms. The van der Waals surface area contributed by atoms with Crippen LogP contribution in [0.5, 0.6) is 0 Å². The van der Waals surface area contributed by atoms with E-state index in [0.717, 1.165) is 6.54 Å². The molecule has 1 aliphatic carbocycles. The molecule has 0 aromatic rings. The summed E-state index contributed by atoms with van der Waals surface area (Å²) in [6.45, 7) is 2.31. The standard InChI is InChI=1S/C18H36N2O/c1-21-16-11-10-14-20(15-16)18-13-9-7-5-3-2-4-6-8-12-17(18)19/h16-18H,2-15,19H2,1H3.